The SMILES string of the molecule is CC(C)OC(=O)c1ccc(C(CCC(C)(C)C)N2C(=O)C(OS(=O)(=O)C(F)(F)F)=NC23CCC(C(C)(C)C)CC3)cc1. The average molecular weight is 617 g/mol. The van der Waals surface area contributed by atoms with Crippen LogP contribution in [0.4, 0.5) is 13.2 Å². The molecule has 1 heterocycles. The van der Waals surface area contributed by atoms with Crippen LogP contribution < -0.4 is 0 Å². The van der Waals surface area contributed by atoms with Gasteiger partial charge in [0.1, 0.15) is 5.66 Å². The lowest BCUT2D eigenvalue weighted by molar-refractivity contribution is -0.134. The van der Waals surface area contributed by atoms with Crippen LogP contribution in [0.1, 0.15) is 116 Å². The molecule has 0 N–H and O–H groups in total. The minimum Gasteiger partial charge on any atom is -0.459 e. The van der Waals surface area contributed by atoms with Crippen LogP contribution in [-0.2, 0) is 23.8 Å². The molecule has 3 rings (SSSR count). The number of ether oxygens (including phenoxy) is 1. The highest BCUT2D eigenvalue weighted by atomic mass is 32.2. The Morgan fingerprint density at radius 1 is 1.05 bits per heavy atom. The summed E-state index contributed by atoms with van der Waals surface area (Å²) in [7, 11) is -6.11. The van der Waals surface area contributed by atoms with E-state index in [1.807, 2.05) is 20.8 Å². The Morgan fingerprint density at radius 3 is 2.05 bits per heavy atom. The fourth-order valence-corrected chi connectivity index (χ4v) is 6.07. The highest BCUT2D eigenvalue weighted by molar-refractivity contribution is 7.88. The van der Waals surface area contributed by atoms with Crippen molar-refractivity contribution in [3.8, 4) is 0 Å². The van der Waals surface area contributed by atoms with Crippen molar-refractivity contribution < 1.29 is 40.1 Å². The van der Waals surface area contributed by atoms with E-state index >= 15 is 0 Å². The molecule has 1 spiro atoms. The third kappa shape index (κ3) is 7.65. The van der Waals surface area contributed by atoms with Gasteiger partial charge in [-0.15, -0.1) is 0 Å². The summed E-state index contributed by atoms with van der Waals surface area (Å²) in [4.78, 5) is 32.1. The second-order valence-electron chi connectivity index (χ2n) is 13.9. The number of hydrogen-bond donors (Lipinski definition) is 0. The summed E-state index contributed by atoms with van der Waals surface area (Å²) in [5.41, 5.74) is -6.23. The molecule has 0 radical (unpaired) electrons. The van der Waals surface area contributed by atoms with Crippen molar-refractivity contribution in [1.82, 2.24) is 4.90 Å². The summed E-state index contributed by atoms with van der Waals surface area (Å²) in [6.07, 6.45) is 2.70. The Hall–Kier alpha value is -2.63. The van der Waals surface area contributed by atoms with Crippen LogP contribution in [-0.4, -0.2) is 48.4 Å². The van der Waals surface area contributed by atoms with Crippen molar-refractivity contribution in [3.63, 3.8) is 0 Å². The van der Waals surface area contributed by atoms with Gasteiger partial charge in [0.05, 0.1) is 17.7 Å². The van der Waals surface area contributed by atoms with Gasteiger partial charge in [-0.1, -0.05) is 53.7 Å². The van der Waals surface area contributed by atoms with Crippen LogP contribution >= 0.6 is 0 Å². The van der Waals surface area contributed by atoms with Crippen molar-refractivity contribution in [2.45, 2.75) is 117 Å². The number of esters is 1. The van der Waals surface area contributed by atoms with Gasteiger partial charge in [0.2, 0.25) is 0 Å². The maximum Gasteiger partial charge on any atom is 0.534 e. The van der Waals surface area contributed by atoms with Crippen LogP contribution in [0.5, 0.6) is 0 Å². The van der Waals surface area contributed by atoms with Gasteiger partial charge in [0, 0.05) is 0 Å². The Labute approximate surface area is 247 Å². The molecule has 2 aliphatic rings. The molecular weight excluding hydrogens is 573 g/mol. The second kappa shape index (κ2) is 11.8. The number of rotatable bonds is 7. The van der Waals surface area contributed by atoms with Gasteiger partial charge in [0.15, 0.2) is 0 Å². The lowest BCUT2D eigenvalue weighted by Crippen LogP contribution is -2.51. The summed E-state index contributed by atoms with van der Waals surface area (Å²) in [6.45, 7) is 15.9. The number of benzene rings is 1. The number of carbonyl (C=O) groups is 2. The molecule has 1 amide bonds. The van der Waals surface area contributed by atoms with Gasteiger partial charge in [-0.25, -0.2) is 9.79 Å². The van der Waals surface area contributed by atoms with E-state index in [9.17, 15) is 31.2 Å². The van der Waals surface area contributed by atoms with Crippen molar-refractivity contribution in [3.05, 3.63) is 35.4 Å². The molecule has 1 aliphatic heterocycles. The topological polar surface area (TPSA) is 102 Å². The summed E-state index contributed by atoms with van der Waals surface area (Å²) in [6, 6.07) is 5.88. The summed E-state index contributed by atoms with van der Waals surface area (Å²) < 4.78 is 73.3. The number of amides is 1. The molecule has 1 saturated carbocycles. The Kier molecular flexibility index (Phi) is 9.52. The van der Waals surface area contributed by atoms with Gasteiger partial charge in [-0.3, -0.25) is 4.79 Å². The van der Waals surface area contributed by atoms with E-state index in [4.69, 9.17) is 4.74 Å². The van der Waals surface area contributed by atoms with Crippen LogP contribution in [0.15, 0.2) is 29.3 Å². The molecule has 42 heavy (non-hydrogen) atoms. The standard InChI is InChI=1S/C30H43F3N2O6S/c1-19(2)40-26(37)21-11-9-20(10-12-21)23(15-16-27(3,4)5)35-25(36)24(41-42(38,39)30(31,32)33)34-29(35)17-13-22(14-18-29)28(6,7)8/h9-12,19,22-23H,13-18H2,1-8H3. The number of carbonyl (C=O) groups excluding carboxylic acids is 2. The Bertz CT molecular complexity index is 1280. The first-order valence-corrected chi connectivity index (χ1v) is 15.7. The summed E-state index contributed by atoms with van der Waals surface area (Å²) in [5.74, 6) is -2.30. The van der Waals surface area contributed by atoms with Crippen molar-refractivity contribution >= 4 is 27.9 Å². The first-order chi connectivity index (χ1) is 19.1. The quantitative estimate of drug-likeness (QED) is 0.183. The maximum atomic E-state index is 13.9. The Balaban J connectivity index is 2.09. The first-order valence-electron chi connectivity index (χ1n) is 14.3. The molecule has 0 saturated heterocycles. The number of halogens is 3. The highest BCUT2D eigenvalue weighted by Crippen LogP contribution is 2.50. The lowest BCUT2D eigenvalue weighted by Gasteiger charge is -2.47. The van der Waals surface area contributed by atoms with Crippen molar-refractivity contribution in [2.75, 3.05) is 0 Å². The fraction of sp³-hybridized carbons (Fsp3) is 0.700. The third-order valence-corrected chi connectivity index (χ3v) is 8.94. The van der Waals surface area contributed by atoms with Crippen LogP contribution in [0, 0.1) is 16.7 Å². The van der Waals surface area contributed by atoms with E-state index in [2.05, 4.69) is 29.9 Å². The molecule has 0 bridgehead atoms. The minimum absolute atomic E-state index is 0.0379. The zero-order chi connectivity index (χ0) is 31.9. The van der Waals surface area contributed by atoms with Gasteiger partial charge < -0.3 is 13.8 Å². The van der Waals surface area contributed by atoms with Crippen LogP contribution in [0.2, 0.25) is 0 Å². The lowest BCUT2D eigenvalue weighted by atomic mass is 9.69. The minimum atomic E-state index is -6.11. The van der Waals surface area contributed by atoms with Gasteiger partial charge in [-0.05, 0) is 86.8 Å². The zero-order valence-corrected chi connectivity index (χ0v) is 26.5. The predicted octanol–water partition coefficient (Wildman–Crippen LogP) is 7.16. The summed E-state index contributed by atoms with van der Waals surface area (Å²) >= 11 is 0. The van der Waals surface area contributed by atoms with E-state index in [-0.39, 0.29) is 22.9 Å². The van der Waals surface area contributed by atoms with Crippen LogP contribution in [0.3, 0.4) is 0 Å². The zero-order valence-electron chi connectivity index (χ0n) is 25.7. The second-order valence-corrected chi connectivity index (χ2v) is 15.4. The molecular formula is C30H43F3N2O6S. The van der Waals surface area contributed by atoms with Gasteiger partial charge in [0.25, 0.3) is 5.90 Å². The first kappa shape index (κ1) is 33.9. The molecule has 1 aromatic rings. The number of aliphatic imine (C=N–C) groups is 1. The van der Waals surface area contributed by atoms with Crippen molar-refractivity contribution in [2.24, 2.45) is 21.7 Å². The van der Waals surface area contributed by atoms with Crippen molar-refractivity contribution in [1.29, 1.82) is 0 Å². The summed E-state index contributed by atoms with van der Waals surface area (Å²) in [5, 5.41) is 0. The highest BCUT2D eigenvalue weighted by Gasteiger charge is 2.57. The molecule has 1 fully saturated rings. The number of nitrogens with zero attached hydrogens (tertiary/aromatic N) is 2. The normalized spacial score (nSPS) is 22.9. The number of hydrogen-bond acceptors (Lipinski definition) is 7. The molecule has 1 unspecified atom stereocenters. The monoisotopic (exact) mass is 616 g/mol. The Morgan fingerprint density at radius 2 is 1.60 bits per heavy atom. The van der Waals surface area contributed by atoms with E-state index in [1.165, 1.54) is 4.90 Å². The molecule has 1 aromatic carbocycles. The number of alkyl halides is 3. The van der Waals surface area contributed by atoms with Gasteiger partial charge >= 0.3 is 27.5 Å². The molecule has 0 aromatic heterocycles. The van der Waals surface area contributed by atoms with E-state index < -0.39 is 45.1 Å². The molecule has 236 valence electrons. The van der Waals surface area contributed by atoms with Crippen LogP contribution in [0.25, 0.3) is 0 Å². The third-order valence-electron chi connectivity index (χ3n) is 8.00. The molecule has 1 atom stereocenters. The average Bonchev–Trinajstić information content (AvgIpc) is 3.07. The van der Waals surface area contributed by atoms with E-state index in [0.29, 0.717) is 49.7 Å². The fourth-order valence-electron chi connectivity index (χ4n) is 5.66. The van der Waals surface area contributed by atoms with E-state index in [1.54, 1.807) is 38.1 Å². The molecule has 1 aliphatic carbocycles. The molecule has 12 heteroatoms. The molecule has 8 nitrogen and oxygen atoms in total. The maximum absolute atomic E-state index is 13.9. The predicted molar refractivity (Wildman–Crippen MR) is 153 cm³/mol. The van der Waals surface area contributed by atoms with E-state index in [0.717, 1.165) is 0 Å². The largest absolute Gasteiger partial charge is 0.534 e. The van der Waals surface area contributed by atoms with Gasteiger partial charge in [-0.2, -0.15) is 21.6 Å². The smallest absolute Gasteiger partial charge is 0.459 e.